The van der Waals surface area contributed by atoms with Gasteiger partial charge in [-0.15, -0.1) is 0 Å². The van der Waals surface area contributed by atoms with Crippen LogP contribution in [-0.4, -0.2) is 18.7 Å². The van der Waals surface area contributed by atoms with Gasteiger partial charge in [-0.25, -0.2) is 0 Å². The van der Waals surface area contributed by atoms with Gasteiger partial charge >= 0.3 is 6.61 Å². The number of hydrogen-bond donors (Lipinski definition) is 2. The predicted octanol–water partition coefficient (Wildman–Crippen LogP) is 3.24. The molecule has 2 rings (SSSR count). The first-order valence-corrected chi connectivity index (χ1v) is 5.68. The van der Waals surface area contributed by atoms with E-state index in [4.69, 9.17) is 4.74 Å². The Balaban J connectivity index is 2.14. The average Bonchev–Trinajstić information content (AvgIpc) is 2.90. The Hall–Kier alpha value is -2.24. The number of H-pyrrole nitrogens is 1. The monoisotopic (exact) mass is 268 g/mol. The minimum absolute atomic E-state index is 0.0855. The number of ether oxygens (including phenoxy) is 2. The van der Waals surface area contributed by atoms with Gasteiger partial charge in [0.1, 0.15) is 11.5 Å². The molecule has 1 aromatic heterocycles. The number of anilines is 1. The molecule has 19 heavy (non-hydrogen) atoms. The van der Waals surface area contributed by atoms with Crippen LogP contribution < -0.4 is 14.8 Å². The van der Waals surface area contributed by atoms with Crippen molar-refractivity contribution in [2.75, 3.05) is 12.4 Å². The first kappa shape index (κ1) is 13.2. The summed E-state index contributed by atoms with van der Waals surface area (Å²) in [5.74, 6) is 0.651. The van der Waals surface area contributed by atoms with E-state index >= 15 is 0 Å². The van der Waals surface area contributed by atoms with Crippen molar-refractivity contribution in [3.8, 4) is 11.5 Å². The molecule has 0 unspecified atom stereocenters. The van der Waals surface area contributed by atoms with Crippen LogP contribution in [0.1, 0.15) is 5.69 Å². The van der Waals surface area contributed by atoms with E-state index in [9.17, 15) is 8.78 Å². The molecule has 4 nitrogen and oxygen atoms in total. The fourth-order valence-electron chi connectivity index (χ4n) is 1.64. The number of halogens is 2. The molecular weight excluding hydrogens is 254 g/mol. The van der Waals surface area contributed by atoms with Crippen LogP contribution in [0.15, 0.2) is 36.5 Å². The van der Waals surface area contributed by atoms with Crippen LogP contribution in [0, 0.1) is 0 Å². The van der Waals surface area contributed by atoms with Crippen molar-refractivity contribution in [3.05, 3.63) is 42.2 Å². The predicted molar refractivity (Wildman–Crippen MR) is 67.7 cm³/mol. The Morgan fingerprint density at radius 1 is 1.32 bits per heavy atom. The van der Waals surface area contributed by atoms with Crippen LogP contribution in [0.3, 0.4) is 0 Å². The lowest BCUT2D eigenvalue weighted by Gasteiger charge is -2.13. The Labute approximate surface area is 109 Å². The second kappa shape index (κ2) is 6.08. The minimum Gasteiger partial charge on any atom is -0.497 e. The van der Waals surface area contributed by atoms with Gasteiger partial charge in [0.25, 0.3) is 0 Å². The van der Waals surface area contributed by atoms with Gasteiger partial charge in [-0.3, -0.25) is 0 Å². The summed E-state index contributed by atoms with van der Waals surface area (Å²) in [6.07, 6.45) is 1.79. The minimum atomic E-state index is -2.86. The highest BCUT2D eigenvalue weighted by Crippen LogP contribution is 2.30. The van der Waals surface area contributed by atoms with Crippen molar-refractivity contribution in [1.29, 1.82) is 0 Å². The van der Waals surface area contributed by atoms with Gasteiger partial charge in [-0.05, 0) is 24.3 Å². The number of methoxy groups -OCH3 is 1. The number of alkyl halides is 2. The van der Waals surface area contributed by atoms with E-state index in [-0.39, 0.29) is 5.75 Å². The number of aromatic nitrogens is 1. The van der Waals surface area contributed by atoms with E-state index in [0.717, 1.165) is 5.69 Å². The molecule has 0 amide bonds. The summed E-state index contributed by atoms with van der Waals surface area (Å²) in [5, 5.41) is 3.03. The first-order valence-electron chi connectivity index (χ1n) is 5.68. The zero-order valence-corrected chi connectivity index (χ0v) is 10.3. The zero-order valence-electron chi connectivity index (χ0n) is 10.3. The summed E-state index contributed by atoms with van der Waals surface area (Å²) < 4.78 is 34.1. The third kappa shape index (κ3) is 3.61. The Morgan fingerprint density at radius 2 is 2.16 bits per heavy atom. The summed E-state index contributed by atoms with van der Waals surface area (Å²) >= 11 is 0. The number of nitrogens with one attached hydrogen (secondary N) is 2. The molecule has 1 aromatic carbocycles. The topological polar surface area (TPSA) is 46.3 Å². The summed E-state index contributed by atoms with van der Waals surface area (Å²) in [6, 6.07) is 8.38. The van der Waals surface area contributed by atoms with Gasteiger partial charge in [0.05, 0.1) is 19.3 Å². The van der Waals surface area contributed by atoms with Crippen LogP contribution in [0.25, 0.3) is 0 Å². The molecule has 6 heteroatoms. The van der Waals surface area contributed by atoms with Crippen molar-refractivity contribution in [1.82, 2.24) is 4.98 Å². The maximum Gasteiger partial charge on any atom is 0.387 e. The van der Waals surface area contributed by atoms with E-state index in [1.54, 1.807) is 18.3 Å². The molecule has 0 bridgehead atoms. The van der Waals surface area contributed by atoms with Crippen LogP contribution in [-0.2, 0) is 6.54 Å². The molecular formula is C13H14F2N2O2. The Morgan fingerprint density at radius 3 is 2.79 bits per heavy atom. The van der Waals surface area contributed by atoms with Gasteiger partial charge in [0, 0.05) is 18.0 Å². The molecule has 0 aliphatic rings. The zero-order chi connectivity index (χ0) is 13.7. The molecule has 1 heterocycles. The molecule has 0 fully saturated rings. The molecule has 0 aliphatic heterocycles. The SMILES string of the molecule is COc1ccc(OC(F)F)c(NCc2ccc[nH]2)c1. The normalized spacial score (nSPS) is 10.5. The number of benzene rings is 1. The third-order valence-corrected chi connectivity index (χ3v) is 2.53. The molecule has 2 aromatic rings. The van der Waals surface area contributed by atoms with Crippen molar-refractivity contribution >= 4 is 5.69 Å². The van der Waals surface area contributed by atoms with Crippen LogP contribution in [0.2, 0.25) is 0 Å². The van der Waals surface area contributed by atoms with E-state index in [1.165, 1.54) is 13.2 Å². The van der Waals surface area contributed by atoms with Crippen LogP contribution >= 0.6 is 0 Å². The highest BCUT2D eigenvalue weighted by Gasteiger charge is 2.10. The Bertz CT molecular complexity index is 515. The van der Waals surface area contributed by atoms with Gasteiger partial charge < -0.3 is 19.8 Å². The molecule has 0 saturated heterocycles. The summed E-state index contributed by atoms with van der Waals surface area (Å²) in [4.78, 5) is 3.01. The van der Waals surface area contributed by atoms with Gasteiger partial charge in [-0.2, -0.15) is 8.78 Å². The first-order chi connectivity index (χ1) is 9.19. The van der Waals surface area contributed by atoms with Crippen molar-refractivity contribution in [3.63, 3.8) is 0 Å². The maximum atomic E-state index is 12.3. The second-order valence-electron chi connectivity index (χ2n) is 3.79. The number of rotatable bonds is 6. The lowest BCUT2D eigenvalue weighted by Crippen LogP contribution is -2.07. The molecule has 0 saturated carbocycles. The highest BCUT2D eigenvalue weighted by molar-refractivity contribution is 5.59. The highest BCUT2D eigenvalue weighted by atomic mass is 19.3. The van der Waals surface area contributed by atoms with Crippen LogP contribution in [0.5, 0.6) is 11.5 Å². The van der Waals surface area contributed by atoms with Crippen molar-refractivity contribution in [2.24, 2.45) is 0 Å². The summed E-state index contributed by atoms with van der Waals surface area (Å²) in [7, 11) is 1.51. The average molecular weight is 268 g/mol. The second-order valence-corrected chi connectivity index (χ2v) is 3.79. The number of hydrogen-bond acceptors (Lipinski definition) is 3. The number of aromatic amines is 1. The lowest BCUT2D eigenvalue weighted by atomic mass is 10.2. The summed E-state index contributed by atoms with van der Waals surface area (Å²) in [6.45, 7) is -2.39. The fraction of sp³-hybridized carbons (Fsp3) is 0.231. The molecule has 2 N–H and O–H groups in total. The Kier molecular flexibility index (Phi) is 4.22. The molecule has 0 radical (unpaired) electrons. The quantitative estimate of drug-likeness (QED) is 0.845. The third-order valence-electron chi connectivity index (χ3n) is 2.53. The molecule has 0 atom stereocenters. The summed E-state index contributed by atoms with van der Waals surface area (Å²) in [5.41, 5.74) is 1.39. The standard InChI is InChI=1S/C13H14F2N2O2/c1-18-10-4-5-12(19-13(14)15)11(7-10)17-8-9-3-2-6-16-9/h2-7,13,16-17H,8H2,1H3. The van der Waals surface area contributed by atoms with Gasteiger partial charge in [0.15, 0.2) is 0 Å². The molecule has 0 aliphatic carbocycles. The largest absolute Gasteiger partial charge is 0.497 e. The fourth-order valence-corrected chi connectivity index (χ4v) is 1.64. The van der Waals surface area contributed by atoms with Crippen LogP contribution in [0.4, 0.5) is 14.5 Å². The van der Waals surface area contributed by atoms with Gasteiger partial charge in [0.2, 0.25) is 0 Å². The van der Waals surface area contributed by atoms with E-state index in [1.807, 2.05) is 12.1 Å². The van der Waals surface area contributed by atoms with Crippen molar-refractivity contribution < 1.29 is 18.3 Å². The van der Waals surface area contributed by atoms with Gasteiger partial charge in [-0.1, -0.05) is 0 Å². The molecule has 0 spiro atoms. The molecule has 102 valence electrons. The van der Waals surface area contributed by atoms with Crippen molar-refractivity contribution in [2.45, 2.75) is 13.2 Å². The van der Waals surface area contributed by atoms with E-state index < -0.39 is 6.61 Å². The maximum absolute atomic E-state index is 12.3. The lowest BCUT2D eigenvalue weighted by molar-refractivity contribution is -0.0493. The van der Waals surface area contributed by atoms with E-state index in [0.29, 0.717) is 18.0 Å². The van der Waals surface area contributed by atoms with E-state index in [2.05, 4.69) is 15.0 Å². The smallest absolute Gasteiger partial charge is 0.387 e.